The van der Waals surface area contributed by atoms with Gasteiger partial charge >= 0.3 is 18.4 Å². The summed E-state index contributed by atoms with van der Waals surface area (Å²) in [7, 11) is 0. The Morgan fingerprint density at radius 2 is 1.65 bits per heavy atom. The summed E-state index contributed by atoms with van der Waals surface area (Å²) >= 11 is 0. The van der Waals surface area contributed by atoms with E-state index in [0.717, 1.165) is 24.9 Å². The highest BCUT2D eigenvalue weighted by Crippen LogP contribution is 2.38. The molecule has 1 unspecified atom stereocenters. The summed E-state index contributed by atoms with van der Waals surface area (Å²) in [6.07, 6.45) is -7.12. The minimum atomic E-state index is -4.93. The Labute approximate surface area is 228 Å². The summed E-state index contributed by atoms with van der Waals surface area (Å²) in [5, 5.41) is 16.4. The molecule has 2 aromatic carbocycles. The molecule has 6 nitrogen and oxygen atoms in total. The van der Waals surface area contributed by atoms with Crippen molar-refractivity contribution in [2.24, 2.45) is 0 Å². The lowest BCUT2D eigenvalue weighted by Crippen LogP contribution is -2.54. The van der Waals surface area contributed by atoms with E-state index in [4.69, 9.17) is 4.74 Å². The molecule has 2 N–H and O–H groups in total. The van der Waals surface area contributed by atoms with Crippen molar-refractivity contribution >= 4 is 6.09 Å². The van der Waals surface area contributed by atoms with E-state index in [1.165, 1.54) is 5.01 Å². The molecule has 40 heavy (non-hydrogen) atoms. The smallest absolute Gasteiger partial charge is 0.421 e. The molecule has 220 valence electrons. The van der Waals surface area contributed by atoms with Gasteiger partial charge in [-0.2, -0.15) is 26.3 Å². The number of nitrogens with one attached hydrogen (secondary N) is 1. The number of carbonyl (C=O) groups is 1. The first-order valence-electron chi connectivity index (χ1n) is 13.3. The zero-order valence-electron chi connectivity index (χ0n) is 21.9. The second kappa shape index (κ2) is 12.4. The average molecular weight is 574 g/mol. The number of halogens is 6. The molecule has 0 bridgehead atoms. The Kier molecular flexibility index (Phi) is 9.31. The van der Waals surface area contributed by atoms with Gasteiger partial charge in [0.15, 0.2) is 0 Å². The lowest BCUT2D eigenvalue weighted by atomic mass is 9.73. The molecule has 0 aliphatic carbocycles. The van der Waals surface area contributed by atoms with Crippen LogP contribution in [0.3, 0.4) is 0 Å². The van der Waals surface area contributed by atoms with Gasteiger partial charge in [-0.15, -0.1) is 0 Å². The highest BCUT2D eigenvalue weighted by molar-refractivity contribution is 5.64. The van der Waals surface area contributed by atoms with Gasteiger partial charge in [0.1, 0.15) is 0 Å². The van der Waals surface area contributed by atoms with Crippen LogP contribution in [0.15, 0.2) is 48.5 Å². The number of piperidine rings is 1. The quantitative estimate of drug-likeness (QED) is 0.344. The number of benzene rings is 2. The van der Waals surface area contributed by atoms with Crippen LogP contribution >= 0.6 is 0 Å². The van der Waals surface area contributed by atoms with E-state index >= 15 is 0 Å². The Morgan fingerprint density at radius 3 is 2.17 bits per heavy atom. The van der Waals surface area contributed by atoms with Gasteiger partial charge in [0.05, 0.1) is 24.3 Å². The first-order valence-corrected chi connectivity index (χ1v) is 13.3. The van der Waals surface area contributed by atoms with Crippen molar-refractivity contribution in [2.45, 2.75) is 62.5 Å². The predicted octanol–water partition coefficient (Wildman–Crippen LogP) is 6.31. The largest absolute Gasteiger partial charge is 0.464 e. The topological polar surface area (TPSA) is 65.0 Å². The number of carboxylic acid groups (broad SMARTS) is 1. The summed E-state index contributed by atoms with van der Waals surface area (Å²) in [6.45, 7) is 1.73. The number of nitrogens with zero attached hydrogens (tertiary/aromatic N) is 2. The summed E-state index contributed by atoms with van der Waals surface area (Å²) in [5.74, 6) is 0. The van der Waals surface area contributed by atoms with Crippen molar-refractivity contribution in [3.8, 4) is 0 Å². The predicted molar refractivity (Wildman–Crippen MR) is 135 cm³/mol. The summed E-state index contributed by atoms with van der Waals surface area (Å²) < 4.78 is 85.4. The monoisotopic (exact) mass is 573 g/mol. The van der Waals surface area contributed by atoms with E-state index < -0.39 is 41.6 Å². The summed E-state index contributed by atoms with van der Waals surface area (Å²) in [6, 6.07) is 11.1. The maximum absolute atomic E-state index is 13.3. The maximum Gasteiger partial charge on any atom is 0.421 e. The molecular weight excluding hydrogens is 540 g/mol. The first-order chi connectivity index (χ1) is 18.9. The molecule has 1 amide bonds. The number of rotatable bonds is 9. The fourth-order valence-corrected chi connectivity index (χ4v) is 5.58. The van der Waals surface area contributed by atoms with Crippen molar-refractivity contribution in [1.29, 1.82) is 0 Å². The van der Waals surface area contributed by atoms with Gasteiger partial charge in [0, 0.05) is 31.1 Å². The molecule has 1 atom stereocenters. The van der Waals surface area contributed by atoms with Gasteiger partial charge in [-0.25, -0.2) is 14.8 Å². The van der Waals surface area contributed by atoms with Crippen LogP contribution in [-0.2, 0) is 29.1 Å². The van der Waals surface area contributed by atoms with Crippen molar-refractivity contribution in [3.05, 3.63) is 70.8 Å². The van der Waals surface area contributed by atoms with Crippen molar-refractivity contribution in [1.82, 2.24) is 15.3 Å². The van der Waals surface area contributed by atoms with Crippen molar-refractivity contribution < 1.29 is 41.0 Å². The van der Waals surface area contributed by atoms with E-state index in [0.29, 0.717) is 51.0 Å². The van der Waals surface area contributed by atoms with E-state index in [1.807, 2.05) is 30.3 Å². The molecule has 0 spiro atoms. The number of hydrogen-bond donors (Lipinski definition) is 2. The van der Waals surface area contributed by atoms with E-state index in [1.54, 1.807) is 5.01 Å². The lowest BCUT2D eigenvalue weighted by Gasteiger charge is -2.45. The maximum atomic E-state index is 13.3. The summed E-state index contributed by atoms with van der Waals surface area (Å²) in [4.78, 5) is 12.0. The van der Waals surface area contributed by atoms with Crippen LogP contribution in [0.1, 0.15) is 54.4 Å². The molecule has 2 fully saturated rings. The highest BCUT2D eigenvalue weighted by atomic mass is 19.4. The second-order valence-corrected chi connectivity index (χ2v) is 10.5. The number of alkyl halides is 6. The normalized spacial score (nSPS) is 20.0. The number of hydrazine groups is 1. The van der Waals surface area contributed by atoms with E-state index in [-0.39, 0.29) is 24.3 Å². The minimum absolute atomic E-state index is 0.0571. The van der Waals surface area contributed by atoms with Crippen LogP contribution in [-0.4, -0.2) is 60.0 Å². The number of ether oxygens (including phenoxy) is 1. The van der Waals surface area contributed by atoms with Crippen molar-refractivity contribution in [2.75, 3.05) is 32.8 Å². The fraction of sp³-hybridized carbons (Fsp3) is 0.536. The average Bonchev–Trinajstić information content (AvgIpc) is 3.43. The first kappa shape index (κ1) is 30.1. The molecule has 12 heteroatoms. The van der Waals surface area contributed by atoms with Crippen LogP contribution in [0.25, 0.3) is 0 Å². The molecule has 0 radical (unpaired) electrons. The zero-order valence-corrected chi connectivity index (χ0v) is 21.9. The molecule has 0 saturated carbocycles. The van der Waals surface area contributed by atoms with Crippen LogP contribution < -0.4 is 5.32 Å². The second-order valence-electron chi connectivity index (χ2n) is 10.5. The van der Waals surface area contributed by atoms with Crippen LogP contribution in [0.5, 0.6) is 0 Å². The number of amides is 1. The molecule has 2 saturated heterocycles. The van der Waals surface area contributed by atoms with Crippen LogP contribution in [0.2, 0.25) is 0 Å². The van der Waals surface area contributed by atoms with Crippen LogP contribution in [0, 0.1) is 0 Å². The lowest BCUT2D eigenvalue weighted by molar-refractivity contribution is -0.143. The van der Waals surface area contributed by atoms with E-state index in [2.05, 4.69) is 5.32 Å². The van der Waals surface area contributed by atoms with Gasteiger partial charge in [0.2, 0.25) is 0 Å². The van der Waals surface area contributed by atoms with Crippen LogP contribution in [0.4, 0.5) is 31.1 Å². The van der Waals surface area contributed by atoms with Crippen molar-refractivity contribution in [3.63, 3.8) is 0 Å². The SMILES string of the molecule is O=C(O)N(CCC1CCCN1)N1CCC(COCc2cc(C(F)(F)F)cc(C(F)(F)F)c2)(c2ccccc2)CC1. The molecule has 0 aromatic heterocycles. The summed E-state index contributed by atoms with van der Waals surface area (Å²) in [5.41, 5.74) is -2.64. The molecule has 2 aliphatic rings. The van der Waals surface area contributed by atoms with Gasteiger partial charge in [-0.1, -0.05) is 30.3 Å². The van der Waals surface area contributed by atoms with Gasteiger partial charge in [-0.05, 0) is 68.0 Å². The van der Waals surface area contributed by atoms with Gasteiger partial charge < -0.3 is 15.2 Å². The van der Waals surface area contributed by atoms with Gasteiger partial charge in [0.25, 0.3) is 0 Å². The molecule has 2 heterocycles. The molecule has 2 aliphatic heterocycles. The fourth-order valence-electron chi connectivity index (χ4n) is 5.58. The third kappa shape index (κ3) is 7.46. The Hall–Kier alpha value is -2.83. The molecule has 4 rings (SSSR count). The van der Waals surface area contributed by atoms with E-state index in [9.17, 15) is 36.2 Å². The minimum Gasteiger partial charge on any atom is -0.464 e. The zero-order chi connectivity index (χ0) is 29.0. The van der Waals surface area contributed by atoms with Gasteiger partial charge in [-0.3, -0.25) is 0 Å². The Balaban J connectivity index is 1.46. The third-order valence-electron chi connectivity index (χ3n) is 7.79. The Bertz CT molecular complexity index is 1100. The highest BCUT2D eigenvalue weighted by Gasteiger charge is 2.40. The molecule has 2 aromatic rings. The standard InChI is InChI=1S/C28H33F6N3O3/c29-27(30,31)22-15-20(16-23(17-22)28(32,33)34)18-40-19-26(21-5-2-1-3-6-21)9-13-36(14-10-26)37(25(38)39)12-8-24-7-4-11-35-24/h1-3,5-6,15-17,24,35H,4,7-14,18-19H2,(H,38,39). The molecular formula is C28H33F6N3O3. The number of hydrogen-bond acceptors (Lipinski definition) is 4. The third-order valence-corrected chi connectivity index (χ3v) is 7.79. The Morgan fingerprint density at radius 1 is 1.02 bits per heavy atom.